The van der Waals surface area contributed by atoms with Gasteiger partial charge in [-0.15, -0.1) is 0 Å². The number of amides is 1. The van der Waals surface area contributed by atoms with Crippen molar-refractivity contribution in [1.82, 2.24) is 19.3 Å². The minimum absolute atomic E-state index is 0.240. The number of likely N-dealkylation sites (tertiary alicyclic amines) is 1. The molecule has 0 bridgehead atoms. The number of carbonyl (C=O) groups excluding carboxylic acids is 1. The van der Waals surface area contributed by atoms with E-state index in [0.29, 0.717) is 11.7 Å². The van der Waals surface area contributed by atoms with Gasteiger partial charge in [0.15, 0.2) is 0 Å². The Kier molecular flexibility index (Phi) is 3.92. The highest BCUT2D eigenvalue weighted by Gasteiger charge is 2.35. The number of benzene rings is 1. The minimum Gasteiger partial charge on any atom is -0.342 e. The Balaban J connectivity index is 1.49. The molecule has 2 aromatic heterocycles. The normalized spacial score (nSPS) is 20.2. The fraction of sp³-hybridized carbons (Fsp3) is 0.381. The molecule has 138 valence electrons. The lowest BCUT2D eigenvalue weighted by Gasteiger charge is -2.29. The molecule has 3 heterocycles. The van der Waals surface area contributed by atoms with Crippen molar-refractivity contribution >= 4 is 11.7 Å². The van der Waals surface area contributed by atoms with Crippen molar-refractivity contribution in [1.29, 1.82) is 0 Å². The number of carbonyl (C=O) groups is 1. The molecule has 0 radical (unpaired) electrons. The minimum atomic E-state index is -0.258. The Labute approximate surface area is 156 Å². The van der Waals surface area contributed by atoms with Gasteiger partial charge in [-0.05, 0) is 49.6 Å². The van der Waals surface area contributed by atoms with Gasteiger partial charge in [0.2, 0.25) is 11.7 Å². The van der Waals surface area contributed by atoms with Gasteiger partial charge in [0.25, 0.3) is 0 Å². The fourth-order valence-corrected chi connectivity index (χ4v) is 4.20. The van der Waals surface area contributed by atoms with E-state index in [9.17, 15) is 9.18 Å². The lowest BCUT2D eigenvalue weighted by molar-refractivity contribution is -0.137. The SMILES string of the molecule is O=C(C1CCC1)N1CC[C@@H](c2ccnc3ncc(-c4ccc(F)cc4)n23)C1. The van der Waals surface area contributed by atoms with Crippen LogP contribution in [0.3, 0.4) is 0 Å². The molecule has 2 fully saturated rings. The molecular weight excluding hydrogens is 343 g/mol. The highest BCUT2D eigenvalue weighted by atomic mass is 19.1. The second kappa shape index (κ2) is 6.44. The van der Waals surface area contributed by atoms with E-state index in [1.54, 1.807) is 24.5 Å². The summed E-state index contributed by atoms with van der Waals surface area (Å²) in [6.07, 6.45) is 7.76. The molecule has 1 aliphatic carbocycles. The van der Waals surface area contributed by atoms with E-state index in [1.807, 2.05) is 11.0 Å². The number of imidazole rings is 1. The fourth-order valence-electron chi connectivity index (χ4n) is 4.20. The molecule has 1 atom stereocenters. The summed E-state index contributed by atoms with van der Waals surface area (Å²) in [7, 11) is 0. The zero-order chi connectivity index (χ0) is 18.4. The summed E-state index contributed by atoms with van der Waals surface area (Å²) in [6.45, 7) is 1.56. The molecule has 27 heavy (non-hydrogen) atoms. The number of rotatable bonds is 3. The van der Waals surface area contributed by atoms with Crippen molar-refractivity contribution < 1.29 is 9.18 Å². The average molecular weight is 364 g/mol. The molecule has 0 spiro atoms. The Bertz CT molecular complexity index is 993. The van der Waals surface area contributed by atoms with Crippen LogP contribution >= 0.6 is 0 Å². The number of halogens is 1. The van der Waals surface area contributed by atoms with Crippen LogP contribution in [0.5, 0.6) is 0 Å². The van der Waals surface area contributed by atoms with Crippen LogP contribution in [0.4, 0.5) is 4.39 Å². The number of nitrogens with zero attached hydrogens (tertiary/aromatic N) is 4. The van der Waals surface area contributed by atoms with Crippen LogP contribution in [0.15, 0.2) is 42.7 Å². The summed E-state index contributed by atoms with van der Waals surface area (Å²) in [5, 5.41) is 0. The van der Waals surface area contributed by atoms with Crippen molar-refractivity contribution in [3.8, 4) is 11.3 Å². The molecule has 2 aliphatic rings. The Morgan fingerprint density at radius 3 is 2.63 bits per heavy atom. The third-order valence-corrected chi connectivity index (χ3v) is 5.95. The summed E-state index contributed by atoms with van der Waals surface area (Å²) in [6, 6.07) is 8.45. The standard InChI is InChI=1S/C21H21FN4O/c22-17-6-4-14(5-7-17)19-12-24-21-23-10-8-18(26(19)21)16-9-11-25(13-16)20(27)15-2-1-3-15/h4-8,10,12,15-16H,1-3,9,11,13H2/t16-/m1/s1. The molecule has 1 amide bonds. The first kappa shape index (κ1) is 16.4. The maximum atomic E-state index is 13.3. The van der Waals surface area contributed by atoms with Crippen LogP contribution in [-0.2, 0) is 4.79 Å². The summed E-state index contributed by atoms with van der Waals surface area (Å²) in [5.41, 5.74) is 2.91. The third kappa shape index (κ3) is 2.80. The monoisotopic (exact) mass is 364 g/mol. The van der Waals surface area contributed by atoms with Crippen molar-refractivity contribution in [3.05, 3.63) is 54.2 Å². The Morgan fingerprint density at radius 1 is 1.07 bits per heavy atom. The Morgan fingerprint density at radius 2 is 1.89 bits per heavy atom. The predicted octanol–water partition coefficient (Wildman–Crippen LogP) is 3.65. The number of hydrogen-bond acceptors (Lipinski definition) is 3. The van der Waals surface area contributed by atoms with E-state index in [2.05, 4.69) is 14.4 Å². The maximum absolute atomic E-state index is 13.3. The second-order valence-corrected chi connectivity index (χ2v) is 7.55. The van der Waals surface area contributed by atoms with Gasteiger partial charge in [0.1, 0.15) is 5.82 Å². The third-order valence-electron chi connectivity index (χ3n) is 5.95. The van der Waals surface area contributed by atoms with Gasteiger partial charge >= 0.3 is 0 Å². The van der Waals surface area contributed by atoms with Gasteiger partial charge in [0, 0.05) is 42.4 Å². The predicted molar refractivity (Wildman–Crippen MR) is 99.7 cm³/mol. The zero-order valence-electron chi connectivity index (χ0n) is 15.0. The summed E-state index contributed by atoms with van der Waals surface area (Å²) in [4.78, 5) is 23.4. The lowest BCUT2D eigenvalue weighted by Crippen LogP contribution is -2.37. The molecule has 5 rings (SSSR count). The molecule has 1 aliphatic heterocycles. The summed E-state index contributed by atoms with van der Waals surface area (Å²) < 4.78 is 15.4. The Hall–Kier alpha value is -2.76. The van der Waals surface area contributed by atoms with Crippen LogP contribution in [0.2, 0.25) is 0 Å². The molecule has 5 nitrogen and oxygen atoms in total. The quantitative estimate of drug-likeness (QED) is 0.713. The number of fused-ring (bicyclic) bond motifs is 1. The van der Waals surface area contributed by atoms with Crippen LogP contribution in [0.25, 0.3) is 17.0 Å². The highest BCUT2D eigenvalue weighted by Crippen LogP contribution is 2.34. The van der Waals surface area contributed by atoms with Crippen molar-refractivity contribution in [2.45, 2.75) is 31.6 Å². The van der Waals surface area contributed by atoms with Crippen molar-refractivity contribution in [3.63, 3.8) is 0 Å². The van der Waals surface area contributed by atoms with Gasteiger partial charge in [-0.25, -0.2) is 14.4 Å². The lowest BCUT2D eigenvalue weighted by atomic mass is 9.84. The van der Waals surface area contributed by atoms with E-state index in [4.69, 9.17) is 0 Å². The molecule has 0 N–H and O–H groups in total. The van der Waals surface area contributed by atoms with Crippen LogP contribution < -0.4 is 0 Å². The first-order chi connectivity index (χ1) is 13.2. The molecule has 6 heteroatoms. The molecular formula is C21H21FN4O. The molecule has 0 unspecified atom stereocenters. The van der Waals surface area contributed by atoms with Crippen LogP contribution in [-0.4, -0.2) is 38.3 Å². The molecule has 1 saturated carbocycles. The molecule has 1 aromatic carbocycles. The van der Waals surface area contributed by atoms with Gasteiger partial charge in [-0.2, -0.15) is 0 Å². The van der Waals surface area contributed by atoms with Gasteiger partial charge in [0.05, 0.1) is 11.9 Å². The summed E-state index contributed by atoms with van der Waals surface area (Å²) in [5.74, 6) is 1.19. The largest absolute Gasteiger partial charge is 0.342 e. The maximum Gasteiger partial charge on any atom is 0.234 e. The van der Waals surface area contributed by atoms with Crippen LogP contribution in [0.1, 0.15) is 37.3 Å². The van der Waals surface area contributed by atoms with Crippen molar-refractivity contribution in [2.75, 3.05) is 13.1 Å². The average Bonchev–Trinajstić information content (AvgIpc) is 3.28. The van der Waals surface area contributed by atoms with Gasteiger partial charge in [-0.1, -0.05) is 6.42 Å². The zero-order valence-corrected chi connectivity index (χ0v) is 15.0. The van der Waals surface area contributed by atoms with Gasteiger partial charge < -0.3 is 4.90 Å². The van der Waals surface area contributed by atoms with Crippen molar-refractivity contribution in [2.24, 2.45) is 5.92 Å². The van der Waals surface area contributed by atoms with E-state index in [0.717, 1.165) is 49.3 Å². The smallest absolute Gasteiger partial charge is 0.234 e. The van der Waals surface area contributed by atoms with E-state index < -0.39 is 0 Å². The first-order valence-corrected chi connectivity index (χ1v) is 9.58. The van der Waals surface area contributed by atoms with E-state index in [1.165, 1.54) is 18.6 Å². The van der Waals surface area contributed by atoms with E-state index in [-0.39, 0.29) is 17.7 Å². The molecule has 3 aromatic rings. The first-order valence-electron chi connectivity index (χ1n) is 9.58. The second-order valence-electron chi connectivity index (χ2n) is 7.55. The van der Waals surface area contributed by atoms with Crippen LogP contribution in [0, 0.1) is 11.7 Å². The van der Waals surface area contributed by atoms with Gasteiger partial charge in [-0.3, -0.25) is 9.20 Å². The van der Waals surface area contributed by atoms with E-state index >= 15 is 0 Å². The topological polar surface area (TPSA) is 50.5 Å². The summed E-state index contributed by atoms with van der Waals surface area (Å²) >= 11 is 0. The number of hydrogen-bond donors (Lipinski definition) is 0. The highest BCUT2D eigenvalue weighted by molar-refractivity contribution is 5.80. The number of aromatic nitrogens is 3. The molecule has 1 saturated heterocycles.